The summed E-state index contributed by atoms with van der Waals surface area (Å²) in [6.07, 6.45) is 1.65. The van der Waals surface area contributed by atoms with Crippen LogP contribution in [0.3, 0.4) is 0 Å². The SMILES string of the molecule is Cc1cc(/C=C2\SC(=O)N(Cc3ccc(Cl)cc3Cl)C2=O)c(C)n1-c1ccc(Cl)c([N+](=O)[O-])c1. The highest BCUT2D eigenvalue weighted by Crippen LogP contribution is 2.36. The minimum absolute atomic E-state index is 0.0332. The molecule has 1 aliphatic rings. The van der Waals surface area contributed by atoms with Gasteiger partial charge in [-0.15, -0.1) is 0 Å². The third kappa shape index (κ3) is 4.59. The van der Waals surface area contributed by atoms with Crippen LogP contribution < -0.4 is 0 Å². The Kier molecular flexibility index (Phi) is 6.78. The highest BCUT2D eigenvalue weighted by Gasteiger charge is 2.35. The van der Waals surface area contributed by atoms with E-state index in [0.717, 1.165) is 28.0 Å². The summed E-state index contributed by atoms with van der Waals surface area (Å²) >= 11 is 18.9. The minimum atomic E-state index is -0.538. The molecule has 1 saturated heterocycles. The summed E-state index contributed by atoms with van der Waals surface area (Å²) in [7, 11) is 0. The van der Waals surface area contributed by atoms with Crippen molar-refractivity contribution in [3.63, 3.8) is 0 Å². The summed E-state index contributed by atoms with van der Waals surface area (Å²) in [6.45, 7) is 3.71. The predicted molar refractivity (Wildman–Crippen MR) is 135 cm³/mol. The maximum absolute atomic E-state index is 13.0. The van der Waals surface area contributed by atoms with E-state index in [1.807, 2.05) is 24.5 Å². The van der Waals surface area contributed by atoms with Crippen LogP contribution in [0.1, 0.15) is 22.5 Å². The summed E-state index contributed by atoms with van der Waals surface area (Å²) in [5, 5.41) is 11.8. The molecular formula is C23H16Cl3N3O4S. The second-order valence-electron chi connectivity index (χ2n) is 7.56. The molecule has 1 fully saturated rings. The topological polar surface area (TPSA) is 85.5 Å². The molecule has 174 valence electrons. The zero-order valence-electron chi connectivity index (χ0n) is 17.8. The van der Waals surface area contributed by atoms with Crippen molar-refractivity contribution in [2.75, 3.05) is 0 Å². The number of nitrogens with zero attached hydrogens (tertiary/aromatic N) is 3. The highest BCUT2D eigenvalue weighted by atomic mass is 35.5. The van der Waals surface area contributed by atoms with Gasteiger partial charge in [-0.3, -0.25) is 24.6 Å². The van der Waals surface area contributed by atoms with Gasteiger partial charge in [-0.05, 0) is 73.1 Å². The van der Waals surface area contributed by atoms with Crippen molar-refractivity contribution in [1.82, 2.24) is 9.47 Å². The van der Waals surface area contributed by atoms with Crippen LogP contribution in [-0.4, -0.2) is 25.5 Å². The Morgan fingerprint density at radius 1 is 1.03 bits per heavy atom. The summed E-state index contributed by atoms with van der Waals surface area (Å²) < 4.78 is 1.83. The molecule has 0 unspecified atom stereocenters. The molecule has 1 aliphatic heterocycles. The molecule has 0 radical (unpaired) electrons. The third-order valence-electron chi connectivity index (χ3n) is 5.36. The number of rotatable bonds is 5. The summed E-state index contributed by atoms with van der Waals surface area (Å²) in [4.78, 5) is 37.7. The molecule has 0 saturated carbocycles. The van der Waals surface area contributed by atoms with Gasteiger partial charge in [0, 0.05) is 27.5 Å². The largest absolute Gasteiger partial charge is 0.318 e. The molecular weight excluding hydrogens is 521 g/mol. The van der Waals surface area contributed by atoms with Gasteiger partial charge in [0.1, 0.15) is 5.02 Å². The second kappa shape index (κ2) is 9.46. The molecule has 11 heteroatoms. The van der Waals surface area contributed by atoms with Crippen molar-refractivity contribution in [3.05, 3.63) is 95.1 Å². The van der Waals surface area contributed by atoms with Crippen LogP contribution in [0.4, 0.5) is 10.5 Å². The number of nitro benzene ring substituents is 1. The molecule has 2 amide bonds. The summed E-state index contributed by atoms with van der Waals surface area (Å²) in [5.74, 6) is -0.423. The fourth-order valence-electron chi connectivity index (χ4n) is 3.71. The summed E-state index contributed by atoms with van der Waals surface area (Å²) in [5.41, 5.74) is 3.24. The number of halogens is 3. The number of nitro groups is 1. The normalized spacial score (nSPS) is 15.0. The average Bonchev–Trinajstić information content (AvgIpc) is 3.19. The van der Waals surface area contributed by atoms with Gasteiger partial charge in [0.25, 0.3) is 16.8 Å². The molecule has 0 atom stereocenters. The van der Waals surface area contributed by atoms with Gasteiger partial charge in [0.15, 0.2) is 0 Å². The molecule has 4 rings (SSSR count). The Hall–Kier alpha value is -2.78. The standard InChI is InChI=1S/C23H16Cl3N3O4S/c1-12-7-15(13(2)28(12)17-5-6-18(25)20(10-17)29(32)33)8-21-22(30)27(23(31)34-21)11-14-3-4-16(24)9-19(14)26/h3-10H,11H2,1-2H3/b21-8-. The first-order valence-corrected chi connectivity index (χ1v) is 11.8. The maximum atomic E-state index is 13.0. The lowest BCUT2D eigenvalue weighted by Crippen LogP contribution is -2.27. The predicted octanol–water partition coefficient (Wildman–Crippen LogP) is 7.20. The van der Waals surface area contributed by atoms with E-state index in [4.69, 9.17) is 34.8 Å². The van der Waals surface area contributed by atoms with Crippen molar-refractivity contribution in [1.29, 1.82) is 0 Å². The number of aryl methyl sites for hydroxylation is 1. The van der Waals surface area contributed by atoms with E-state index >= 15 is 0 Å². The lowest BCUT2D eigenvalue weighted by molar-refractivity contribution is -0.384. The van der Waals surface area contributed by atoms with Crippen molar-refractivity contribution in [3.8, 4) is 5.69 Å². The van der Waals surface area contributed by atoms with E-state index < -0.39 is 16.1 Å². The maximum Gasteiger partial charge on any atom is 0.293 e. The Morgan fingerprint density at radius 3 is 2.44 bits per heavy atom. The zero-order chi connectivity index (χ0) is 24.7. The van der Waals surface area contributed by atoms with Gasteiger partial charge >= 0.3 is 0 Å². The second-order valence-corrected chi connectivity index (χ2v) is 9.80. The molecule has 7 nitrogen and oxygen atoms in total. The molecule has 2 heterocycles. The van der Waals surface area contributed by atoms with Gasteiger partial charge in [-0.1, -0.05) is 40.9 Å². The smallest absolute Gasteiger partial charge is 0.293 e. The van der Waals surface area contributed by atoms with Crippen LogP contribution in [0.25, 0.3) is 11.8 Å². The van der Waals surface area contributed by atoms with Crippen LogP contribution in [0.5, 0.6) is 0 Å². The van der Waals surface area contributed by atoms with E-state index in [9.17, 15) is 19.7 Å². The van der Waals surface area contributed by atoms with Crippen LogP contribution in [-0.2, 0) is 11.3 Å². The number of amides is 2. The number of carbonyl (C=O) groups excluding carboxylic acids is 2. The Balaban J connectivity index is 1.65. The van der Waals surface area contributed by atoms with Crippen LogP contribution in [0.15, 0.2) is 47.4 Å². The quantitative estimate of drug-likeness (QED) is 0.195. The number of hydrogen-bond acceptors (Lipinski definition) is 5. The van der Waals surface area contributed by atoms with Crippen molar-refractivity contribution in [2.24, 2.45) is 0 Å². The Bertz CT molecular complexity index is 1400. The van der Waals surface area contributed by atoms with Gasteiger partial charge in [-0.25, -0.2) is 0 Å². The molecule has 1 aromatic heterocycles. The number of imide groups is 1. The first-order chi connectivity index (χ1) is 16.1. The fraction of sp³-hybridized carbons (Fsp3) is 0.130. The molecule has 0 bridgehead atoms. The van der Waals surface area contributed by atoms with Crippen LogP contribution in [0, 0.1) is 24.0 Å². The molecule has 34 heavy (non-hydrogen) atoms. The summed E-state index contributed by atoms with van der Waals surface area (Å²) in [6, 6.07) is 11.3. The van der Waals surface area contributed by atoms with E-state index in [1.165, 1.54) is 12.1 Å². The Labute approximate surface area is 214 Å². The molecule has 3 aromatic rings. The van der Waals surface area contributed by atoms with Gasteiger partial charge in [0.05, 0.1) is 22.1 Å². The Morgan fingerprint density at radius 2 is 1.76 bits per heavy atom. The van der Waals surface area contributed by atoms with Crippen LogP contribution >= 0.6 is 46.6 Å². The highest BCUT2D eigenvalue weighted by molar-refractivity contribution is 8.18. The van der Waals surface area contributed by atoms with Crippen molar-refractivity contribution in [2.45, 2.75) is 20.4 Å². The first kappa shape index (κ1) is 24.3. The zero-order valence-corrected chi connectivity index (χ0v) is 20.9. The van der Waals surface area contributed by atoms with E-state index in [2.05, 4.69) is 0 Å². The fourth-order valence-corrected chi connectivity index (χ4v) is 5.19. The van der Waals surface area contributed by atoms with Crippen LogP contribution in [0.2, 0.25) is 15.1 Å². The van der Waals surface area contributed by atoms with E-state index in [0.29, 0.717) is 26.9 Å². The third-order valence-corrected chi connectivity index (χ3v) is 7.17. The number of carbonyl (C=O) groups is 2. The van der Waals surface area contributed by atoms with Crippen molar-refractivity contribution < 1.29 is 14.5 Å². The molecule has 0 N–H and O–H groups in total. The number of benzene rings is 2. The van der Waals surface area contributed by atoms with Gasteiger partial charge < -0.3 is 4.57 Å². The number of hydrogen-bond donors (Lipinski definition) is 0. The van der Waals surface area contributed by atoms with Gasteiger partial charge in [-0.2, -0.15) is 0 Å². The first-order valence-electron chi connectivity index (χ1n) is 9.89. The average molecular weight is 537 g/mol. The van der Waals surface area contributed by atoms with E-state index in [-0.39, 0.29) is 22.2 Å². The van der Waals surface area contributed by atoms with Gasteiger partial charge in [0.2, 0.25) is 0 Å². The number of aromatic nitrogens is 1. The number of thioether (sulfide) groups is 1. The lowest BCUT2D eigenvalue weighted by Gasteiger charge is -2.13. The van der Waals surface area contributed by atoms with E-state index in [1.54, 1.807) is 30.3 Å². The molecule has 0 aliphatic carbocycles. The molecule has 2 aromatic carbocycles. The monoisotopic (exact) mass is 535 g/mol. The minimum Gasteiger partial charge on any atom is -0.318 e. The van der Waals surface area contributed by atoms with Crippen molar-refractivity contribution >= 4 is 69.5 Å². The lowest BCUT2D eigenvalue weighted by atomic mass is 10.2. The molecule has 0 spiro atoms.